The maximum absolute atomic E-state index is 10.9. The first-order valence-electron chi connectivity index (χ1n) is 11.3. The molecule has 6 heteroatoms. The van der Waals surface area contributed by atoms with Gasteiger partial charge in [0.1, 0.15) is 0 Å². The number of aliphatic carboxylic acids is 1. The topological polar surface area (TPSA) is 79.3 Å². The summed E-state index contributed by atoms with van der Waals surface area (Å²) in [5, 5.41) is 12.5. The Bertz CT molecular complexity index is 982. The largest absolute Gasteiger partial charge is 0.481 e. The number of anilines is 1. The lowest BCUT2D eigenvalue weighted by Crippen LogP contribution is -2.19. The lowest BCUT2D eigenvalue weighted by Gasteiger charge is -2.20. The molecule has 0 unspecified atom stereocenters. The number of aromatic nitrogens is 1. The highest BCUT2D eigenvalue weighted by atomic mass is 32.1. The van der Waals surface area contributed by atoms with Crippen LogP contribution in [-0.4, -0.2) is 22.5 Å². The molecule has 0 bridgehead atoms. The number of nitrogens with zero attached hydrogens (tertiary/aromatic N) is 1. The van der Waals surface area contributed by atoms with Gasteiger partial charge in [-0.05, 0) is 41.5 Å². The average molecular weight is 467 g/mol. The van der Waals surface area contributed by atoms with Gasteiger partial charge in [0.25, 0.3) is 0 Å². The molecular weight excluding hydrogens is 432 g/mol. The molecule has 2 aromatic carbocycles. The molecular formula is C27H34N2O3S. The van der Waals surface area contributed by atoms with Gasteiger partial charge in [-0.2, -0.15) is 0 Å². The van der Waals surface area contributed by atoms with Crippen molar-refractivity contribution in [1.29, 1.82) is 0 Å². The van der Waals surface area contributed by atoms with Crippen LogP contribution in [0.3, 0.4) is 0 Å². The van der Waals surface area contributed by atoms with Crippen molar-refractivity contribution in [2.45, 2.75) is 59.3 Å². The van der Waals surface area contributed by atoms with Crippen LogP contribution in [0.1, 0.15) is 57.0 Å². The van der Waals surface area contributed by atoms with E-state index in [0.29, 0.717) is 12.8 Å². The van der Waals surface area contributed by atoms with E-state index in [1.165, 1.54) is 31.2 Å². The van der Waals surface area contributed by atoms with Crippen molar-refractivity contribution in [2.24, 2.45) is 5.41 Å². The van der Waals surface area contributed by atoms with E-state index >= 15 is 0 Å². The highest BCUT2D eigenvalue weighted by Crippen LogP contribution is 2.32. The fourth-order valence-corrected chi connectivity index (χ4v) is 4.61. The molecule has 3 aromatic rings. The second-order valence-corrected chi connectivity index (χ2v) is 9.93. The van der Waals surface area contributed by atoms with E-state index in [9.17, 15) is 9.59 Å². The molecule has 5 nitrogen and oxygen atoms in total. The summed E-state index contributed by atoms with van der Waals surface area (Å²) >= 11 is 1.57. The fourth-order valence-electron chi connectivity index (χ4n) is 3.43. The molecule has 176 valence electrons. The zero-order valence-corrected chi connectivity index (χ0v) is 20.5. The van der Waals surface area contributed by atoms with E-state index in [1.807, 2.05) is 38.1 Å². The van der Waals surface area contributed by atoms with Gasteiger partial charge in [0, 0.05) is 18.3 Å². The number of hydrogen-bond donors (Lipinski definition) is 2. The first kappa shape index (κ1) is 26.3. The Balaban J connectivity index is 0.000000294. The number of carbonyl (C=O) groups is 2. The molecule has 1 amide bonds. The Morgan fingerprint density at radius 1 is 1.09 bits per heavy atom. The summed E-state index contributed by atoms with van der Waals surface area (Å²) in [5.41, 5.74) is 2.92. The zero-order chi connectivity index (χ0) is 24.1. The van der Waals surface area contributed by atoms with Crippen molar-refractivity contribution >= 4 is 29.4 Å². The first-order valence-corrected chi connectivity index (χ1v) is 12.2. The monoisotopic (exact) mass is 466 g/mol. The van der Waals surface area contributed by atoms with Gasteiger partial charge in [0.05, 0.1) is 16.3 Å². The van der Waals surface area contributed by atoms with Crippen LogP contribution >= 0.6 is 11.3 Å². The van der Waals surface area contributed by atoms with Crippen molar-refractivity contribution in [1.82, 2.24) is 4.98 Å². The number of hydrogen-bond acceptors (Lipinski definition) is 4. The van der Waals surface area contributed by atoms with Crippen LogP contribution in [0.15, 0.2) is 60.8 Å². The summed E-state index contributed by atoms with van der Waals surface area (Å²) < 4.78 is 0. The van der Waals surface area contributed by atoms with Crippen LogP contribution in [-0.2, 0) is 22.4 Å². The fraction of sp³-hybridized carbons (Fsp3) is 0.370. The van der Waals surface area contributed by atoms with E-state index in [1.54, 1.807) is 17.5 Å². The molecule has 0 aliphatic heterocycles. The predicted molar refractivity (Wildman–Crippen MR) is 137 cm³/mol. The molecule has 2 N–H and O–H groups in total. The van der Waals surface area contributed by atoms with E-state index in [4.69, 9.17) is 5.11 Å². The van der Waals surface area contributed by atoms with Crippen molar-refractivity contribution in [3.8, 4) is 10.4 Å². The number of rotatable bonds is 11. The Morgan fingerprint density at radius 3 is 2.39 bits per heavy atom. The zero-order valence-electron chi connectivity index (χ0n) is 19.7. The highest BCUT2D eigenvalue weighted by molar-refractivity contribution is 7.15. The van der Waals surface area contributed by atoms with Gasteiger partial charge >= 0.3 is 5.97 Å². The van der Waals surface area contributed by atoms with Gasteiger partial charge in [0.2, 0.25) is 6.41 Å². The number of amides is 1. The molecule has 1 aromatic heterocycles. The third-order valence-electron chi connectivity index (χ3n) is 5.12. The second kappa shape index (κ2) is 13.5. The molecule has 0 spiro atoms. The number of carboxylic acid groups (broad SMARTS) is 1. The number of carbonyl (C=O) groups excluding carboxylic acids is 1. The molecule has 0 fully saturated rings. The van der Waals surface area contributed by atoms with Crippen molar-refractivity contribution in [2.75, 3.05) is 5.32 Å². The Labute approximate surface area is 200 Å². The molecule has 0 radical (unpaired) electrons. The SMILES string of the molecule is CC(C)(CC(=O)O)Cc1ncc(-c2ccc(NC=O)cc2)s1.CCCCCc1ccccc1. The number of thiazole rings is 1. The van der Waals surface area contributed by atoms with E-state index in [2.05, 4.69) is 47.6 Å². The number of aryl methyl sites for hydroxylation is 1. The Morgan fingerprint density at radius 2 is 1.79 bits per heavy atom. The van der Waals surface area contributed by atoms with Crippen LogP contribution < -0.4 is 5.32 Å². The summed E-state index contributed by atoms with van der Waals surface area (Å²) in [6, 6.07) is 18.2. The van der Waals surface area contributed by atoms with E-state index in [-0.39, 0.29) is 11.8 Å². The molecule has 0 atom stereocenters. The van der Waals surface area contributed by atoms with Crippen molar-refractivity contribution < 1.29 is 14.7 Å². The quantitative estimate of drug-likeness (QED) is 0.239. The minimum absolute atomic E-state index is 0.119. The third kappa shape index (κ3) is 10.00. The maximum atomic E-state index is 10.9. The molecule has 0 aliphatic carbocycles. The molecule has 1 heterocycles. The number of carboxylic acids is 1. The molecule has 0 saturated heterocycles. The lowest BCUT2D eigenvalue weighted by molar-refractivity contribution is -0.139. The summed E-state index contributed by atoms with van der Waals surface area (Å²) in [4.78, 5) is 26.7. The number of benzene rings is 2. The van der Waals surface area contributed by atoms with Crippen LogP contribution in [0.2, 0.25) is 0 Å². The summed E-state index contributed by atoms with van der Waals surface area (Å²) in [6.45, 7) is 6.11. The summed E-state index contributed by atoms with van der Waals surface area (Å²) in [7, 11) is 0. The summed E-state index contributed by atoms with van der Waals surface area (Å²) in [5.74, 6) is -0.792. The molecule has 0 aliphatic rings. The van der Waals surface area contributed by atoms with Gasteiger partial charge in [-0.25, -0.2) is 4.98 Å². The number of unbranched alkanes of at least 4 members (excludes halogenated alkanes) is 2. The maximum Gasteiger partial charge on any atom is 0.303 e. The average Bonchev–Trinajstić information content (AvgIpc) is 3.22. The predicted octanol–water partition coefficient (Wildman–Crippen LogP) is 6.84. The van der Waals surface area contributed by atoms with E-state index in [0.717, 1.165) is 21.1 Å². The normalized spacial score (nSPS) is 10.8. The minimum Gasteiger partial charge on any atom is -0.481 e. The molecule has 33 heavy (non-hydrogen) atoms. The van der Waals surface area contributed by atoms with E-state index < -0.39 is 5.97 Å². The first-order chi connectivity index (χ1) is 15.8. The van der Waals surface area contributed by atoms with Crippen molar-refractivity contribution in [3.63, 3.8) is 0 Å². The van der Waals surface area contributed by atoms with Crippen LogP contribution in [0, 0.1) is 5.41 Å². The Hall–Kier alpha value is -2.99. The standard InChI is InChI=1S/C16H18N2O3S.C11H16/c1-16(2,8-15(20)21)7-14-17-9-13(22-14)11-3-5-12(6-4-11)18-10-19;1-2-3-5-8-11-9-6-4-7-10-11/h3-6,9-10H,7-8H2,1-2H3,(H,18,19)(H,20,21);4,6-7,9-10H,2-3,5,8H2,1H3. The van der Waals surface area contributed by atoms with Gasteiger partial charge in [-0.15, -0.1) is 11.3 Å². The summed E-state index contributed by atoms with van der Waals surface area (Å²) in [6.07, 6.45) is 8.45. The van der Waals surface area contributed by atoms with Gasteiger partial charge in [-0.3, -0.25) is 9.59 Å². The van der Waals surface area contributed by atoms with Crippen LogP contribution in [0.5, 0.6) is 0 Å². The van der Waals surface area contributed by atoms with Crippen LogP contribution in [0.25, 0.3) is 10.4 Å². The van der Waals surface area contributed by atoms with Gasteiger partial charge in [-0.1, -0.05) is 76.1 Å². The minimum atomic E-state index is -0.792. The number of nitrogens with one attached hydrogen (secondary N) is 1. The van der Waals surface area contributed by atoms with Crippen molar-refractivity contribution in [3.05, 3.63) is 71.4 Å². The Kier molecular flexibility index (Phi) is 10.8. The van der Waals surface area contributed by atoms with Gasteiger partial charge < -0.3 is 10.4 Å². The van der Waals surface area contributed by atoms with Crippen LogP contribution in [0.4, 0.5) is 5.69 Å². The second-order valence-electron chi connectivity index (χ2n) is 8.81. The lowest BCUT2D eigenvalue weighted by atomic mass is 9.86. The molecule has 0 saturated carbocycles. The third-order valence-corrected chi connectivity index (χ3v) is 6.17. The van der Waals surface area contributed by atoms with Gasteiger partial charge in [0.15, 0.2) is 0 Å². The molecule has 3 rings (SSSR count). The smallest absolute Gasteiger partial charge is 0.303 e. The highest BCUT2D eigenvalue weighted by Gasteiger charge is 2.23.